The maximum absolute atomic E-state index is 13.5. The van der Waals surface area contributed by atoms with E-state index in [1.165, 1.54) is 0 Å². The smallest absolute Gasteiger partial charge is 0.460 e. The Labute approximate surface area is 307 Å². The summed E-state index contributed by atoms with van der Waals surface area (Å²) in [4.78, 5) is 36.5. The van der Waals surface area contributed by atoms with Crippen LogP contribution in [0.25, 0.3) is 11.1 Å². The van der Waals surface area contributed by atoms with Gasteiger partial charge < -0.3 is 14.2 Å². The number of benzene rings is 3. The molecule has 0 bridgehead atoms. The average molecular weight is 777 g/mol. The predicted molar refractivity (Wildman–Crippen MR) is 181 cm³/mol. The van der Waals surface area contributed by atoms with Gasteiger partial charge in [0.05, 0.1) is 23.8 Å². The molecule has 0 spiro atoms. The molecule has 1 atom stereocenters. The Morgan fingerprint density at radius 1 is 0.611 bits per heavy atom. The van der Waals surface area contributed by atoms with Crippen molar-refractivity contribution >= 4 is 17.9 Å². The Morgan fingerprint density at radius 2 is 1.13 bits per heavy atom. The van der Waals surface area contributed by atoms with E-state index in [-0.39, 0.29) is 30.5 Å². The van der Waals surface area contributed by atoms with Gasteiger partial charge in [-0.05, 0) is 92.1 Å². The first-order valence-corrected chi connectivity index (χ1v) is 17.4. The molecule has 0 radical (unpaired) electrons. The van der Waals surface area contributed by atoms with E-state index in [1.807, 2.05) is 6.92 Å². The Bertz CT molecular complexity index is 1660. The lowest BCUT2D eigenvalue weighted by atomic mass is 10.0. The molecule has 3 aromatic carbocycles. The maximum atomic E-state index is 13.5. The van der Waals surface area contributed by atoms with Gasteiger partial charge in [0.15, 0.2) is 0 Å². The predicted octanol–water partition coefficient (Wildman–Crippen LogP) is 11.2. The summed E-state index contributed by atoms with van der Waals surface area (Å²) in [5, 5.41) is 0. The van der Waals surface area contributed by atoms with E-state index in [0.29, 0.717) is 30.6 Å². The molecule has 0 aromatic heterocycles. The first-order chi connectivity index (χ1) is 25.3. The normalized spacial score (nSPS) is 12.9. The van der Waals surface area contributed by atoms with E-state index in [2.05, 4.69) is 11.7 Å². The minimum absolute atomic E-state index is 0.143. The molecule has 1 unspecified atom stereocenters. The number of ether oxygens (including phenoxy) is 3. The monoisotopic (exact) mass is 776 g/mol. The van der Waals surface area contributed by atoms with Crippen molar-refractivity contribution in [3.05, 3.63) is 89.5 Å². The average Bonchev–Trinajstić information content (AvgIpc) is 3.12. The fourth-order valence-electron chi connectivity index (χ4n) is 5.20. The van der Waals surface area contributed by atoms with Crippen LogP contribution in [0.2, 0.25) is 0 Å². The first-order valence-electron chi connectivity index (χ1n) is 17.4. The molecule has 54 heavy (non-hydrogen) atoms. The summed E-state index contributed by atoms with van der Waals surface area (Å²) < 4.78 is 131. The lowest BCUT2D eigenvalue weighted by Gasteiger charge is -2.32. The van der Waals surface area contributed by atoms with Gasteiger partial charge in [-0.25, -0.2) is 14.4 Å². The van der Waals surface area contributed by atoms with Gasteiger partial charge in [-0.15, -0.1) is 0 Å². The first kappa shape index (κ1) is 43.8. The fraction of sp³-hybridized carbons (Fsp3) is 0.462. The van der Waals surface area contributed by atoms with Crippen LogP contribution in [-0.2, 0) is 20.7 Å². The van der Waals surface area contributed by atoms with Gasteiger partial charge in [0.2, 0.25) is 0 Å². The summed E-state index contributed by atoms with van der Waals surface area (Å²) in [6, 6.07) is 20.3. The summed E-state index contributed by atoms with van der Waals surface area (Å²) >= 11 is 0. The highest BCUT2D eigenvalue weighted by Gasteiger charge is 2.84. The molecular formula is C39H41F9O6. The van der Waals surface area contributed by atoms with E-state index >= 15 is 0 Å². The van der Waals surface area contributed by atoms with Crippen molar-refractivity contribution in [2.24, 2.45) is 0 Å². The minimum atomic E-state index is -7.17. The van der Waals surface area contributed by atoms with Gasteiger partial charge in [0, 0.05) is 0 Å². The maximum Gasteiger partial charge on any atom is 0.460 e. The van der Waals surface area contributed by atoms with Crippen molar-refractivity contribution < 1.29 is 68.1 Å². The molecule has 0 saturated heterocycles. The number of rotatable bonds is 20. The molecule has 0 fully saturated rings. The van der Waals surface area contributed by atoms with Gasteiger partial charge in [-0.1, -0.05) is 75.4 Å². The third-order valence-electron chi connectivity index (χ3n) is 8.47. The van der Waals surface area contributed by atoms with Gasteiger partial charge in [0.1, 0.15) is 5.75 Å². The molecule has 6 nitrogen and oxygen atoms in total. The molecule has 0 aliphatic rings. The second-order valence-corrected chi connectivity index (χ2v) is 12.8. The molecule has 0 N–H and O–H groups in total. The number of aryl methyl sites for hydroxylation is 1. The van der Waals surface area contributed by atoms with Crippen molar-refractivity contribution in [3.8, 4) is 16.9 Å². The van der Waals surface area contributed by atoms with Gasteiger partial charge in [-0.3, -0.25) is 0 Å². The molecule has 0 heterocycles. The highest BCUT2D eigenvalue weighted by atomic mass is 19.4. The van der Waals surface area contributed by atoms with Gasteiger partial charge in [0.25, 0.3) is 0 Å². The third kappa shape index (κ3) is 11.5. The van der Waals surface area contributed by atoms with E-state index in [0.717, 1.165) is 48.8 Å². The van der Waals surface area contributed by atoms with Crippen LogP contribution in [0.4, 0.5) is 39.5 Å². The summed E-state index contributed by atoms with van der Waals surface area (Å²) in [6.45, 7) is 3.13. The summed E-state index contributed by atoms with van der Waals surface area (Å²) in [5.74, 6) is -24.5. The molecule has 0 aliphatic carbocycles. The van der Waals surface area contributed by atoms with Crippen LogP contribution < -0.4 is 4.74 Å². The zero-order chi connectivity index (χ0) is 40.2. The number of carbonyl (C=O) groups is 3. The summed E-state index contributed by atoms with van der Waals surface area (Å²) in [6.07, 6.45) is -0.393. The molecule has 0 amide bonds. The van der Waals surface area contributed by atoms with E-state index < -0.39 is 42.5 Å². The van der Waals surface area contributed by atoms with Crippen LogP contribution in [0.15, 0.2) is 72.8 Å². The van der Waals surface area contributed by atoms with E-state index in [1.54, 1.807) is 72.8 Å². The number of hydrogen-bond acceptors (Lipinski definition) is 6. The molecule has 3 aromatic rings. The van der Waals surface area contributed by atoms with Crippen LogP contribution in [0.3, 0.4) is 0 Å². The fourth-order valence-corrected chi connectivity index (χ4v) is 5.20. The standard InChI is InChI=1S/C39H41F9O6/c1-3-4-5-8-11-26(2)53-33(49)31-19-17-28(18-20-31)29-21-23-32(24-22-29)54-34(50)30-15-13-27(14-16-30)12-9-6-7-10-25-52-35(51)36(40,41)37(42,43)38(44,45)39(46,47)48/h13-24,26H,3-12,25H2,1-2H3. The topological polar surface area (TPSA) is 78.9 Å². The Hall–Kier alpha value is -4.56. The summed E-state index contributed by atoms with van der Waals surface area (Å²) in [5.41, 5.74) is 3.24. The Balaban J connectivity index is 1.39. The van der Waals surface area contributed by atoms with Crippen molar-refractivity contribution in [1.29, 1.82) is 0 Å². The second kappa shape index (κ2) is 19.2. The van der Waals surface area contributed by atoms with Crippen molar-refractivity contribution in [2.45, 2.75) is 108 Å². The quantitative estimate of drug-likeness (QED) is 0.0492. The second-order valence-electron chi connectivity index (χ2n) is 12.8. The highest BCUT2D eigenvalue weighted by molar-refractivity contribution is 5.91. The number of alkyl halides is 9. The van der Waals surface area contributed by atoms with Crippen molar-refractivity contribution in [3.63, 3.8) is 0 Å². The van der Waals surface area contributed by atoms with Crippen LogP contribution in [0, 0.1) is 0 Å². The van der Waals surface area contributed by atoms with Crippen molar-refractivity contribution in [1.82, 2.24) is 0 Å². The number of carbonyl (C=O) groups excluding carboxylic acids is 3. The van der Waals surface area contributed by atoms with Crippen molar-refractivity contribution in [2.75, 3.05) is 6.61 Å². The third-order valence-corrected chi connectivity index (χ3v) is 8.47. The molecule has 3 rings (SSSR count). The zero-order valence-electron chi connectivity index (χ0n) is 29.6. The Kier molecular flexibility index (Phi) is 15.6. The lowest BCUT2D eigenvalue weighted by molar-refractivity contribution is -0.390. The van der Waals surface area contributed by atoms with Crippen LogP contribution >= 0.6 is 0 Å². The zero-order valence-corrected chi connectivity index (χ0v) is 29.6. The SMILES string of the molecule is CCCCCCC(C)OC(=O)c1ccc(-c2ccc(OC(=O)c3ccc(CCCCCCOC(=O)C(F)(F)C(F)(F)C(F)(F)C(F)(F)F)cc3)cc2)cc1. The summed E-state index contributed by atoms with van der Waals surface area (Å²) in [7, 11) is 0. The van der Waals surface area contributed by atoms with Crippen LogP contribution in [0.1, 0.15) is 97.9 Å². The molecule has 0 saturated carbocycles. The lowest BCUT2D eigenvalue weighted by Crippen LogP contribution is -2.63. The van der Waals surface area contributed by atoms with E-state index in [4.69, 9.17) is 9.47 Å². The molecule has 0 aliphatic heterocycles. The number of hydrogen-bond donors (Lipinski definition) is 0. The number of halogens is 9. The molecule has 15 heteroatoms. The van der Waals surface area contributed by atoms with Gasteiger partial charge >= 0.3 is 41.9 Å². The largest absolute Gasteiger partial charge is 0.461 e. The Morgan fingerprint density at radius 3 is 1.70 bits per heavy atom. The number of esters is 3. The van der Waals surface area contributed by atoms with E-state index in [9.17, 15) is 53.9 Å². The minimum Gasteiger partial charge on any atom is -0.461 e. The molecular weight excluding hydrogens is 735 g/mol. The van der Waals surface area contributed by atoms with Gasteiger partial charge in [-0.2, -0.15) is 39.5 Å². The van der Waals surface area contributed by atoms with Crippen LogP contribution in [-0.4, -0.2) is 54.6 Å². The highest BCUT2D eigenvalue weighted by Crippen LogP contribution is 2.53. The molecule has 296 valence electrons. The number of unbranched alkanes of at least 4 members (excludes halogenated alkanes) is 6. The van der Waals surface area contributed by atoms with Crippen LogP contribution in [0.5, 0.6) is 5.75 Å².